The Morgan fingerprint density at radius 2 is 1.80 bits per heavy atom. The first-order valence-corrected chi connectivity index (χ1v) is 9.94. The van der Waals surface area contributed by atoms with Crippen molar-refractivity contribution in [3.63, 3.8) is 0 Å². The zero-order valence-corrected chi connectivity index (χ0v) is 17.4. The molecule has 0 saturated heterocycles. The first-order valence-electron chi connectivity index (χ1n) is 9.56. The Bertz CT molecular complexity index is 1160. The third-order valence-electron chi connectivity index (χ3n) is 4.77. The van der Waals surface area contributed by atoms with Gasteiger partial charge in [0.25, 0.3) is 0 Å². The zero-order chi connectivity index (χ0) is 21.1. The lowest BCUT2D eigenvalue weighted by Gasteiger charge is -2.09. The number of hydrogen-bond acceptors (Lipinski definition) is 4. The topological polar surface area (TPSA) is 47.9 Å². The van der Waals surface area contributed by atoms with Crippen molar-refractivity contribution < 1.29 is 14.3 Å². The predicted octanol–water partition coefficient (Wildman–Crippen LogP) is 5.88. The number of halogens is 1. The van der Waals surface area contributed by atoms with Crippen LogP contribution in [0.25, 0.3) is 6.08 Å². The van der Waals surface area contributed by atoms with Crippen molar-refractivity contribution in [3.05, 3.63) is 105 Å². The lowest BCUT2D eigenvalue weighted by atomic mass is 10.1. The maximum Gasteiger partial charge on any atom is 0.363 e. The van der Waals surface area contributed by atoms with Crippen LogP contribution in [0.15, 0.2) is 77.4 Å². The summed E-state index contributed by atoms with van der Waals surface area (Å²) in [7, 11) is 0. The van der Waals surface area contributed by atoms with Crippen LogP contribution in [0.3, 0.4) is 0 Å². The molecule has 0 aromatic heterocycles. The molecule has 4 nitrogen and oxygen atoms in total. The van der Waals surface area contributed by atoms with Crippen molar-refractivity contribution in [1.29, 1.82) is 0 Å². The van der Waals surface area contributed by atoms with Crippen LogP contribution in [0.2, 0.25) is 5.02 Å². The van der Waals surface area contributed by atoms with Gasteiger partial charge in [0.1, 0.15) is 12.4 Å². The van der Waals surface area contributed by atoms with Crippen LogP contribution < -0.4 is 4.74 Å². The molecule has 0 atom stereocenters. The van der Waals surface area contributed by atoms with Gasteiger partial charge in [-0.1, -0.05) is 65.7 Å². The first-order chi connectivity index (χ1) is 14.5. The summed E-state index contributed by atoms with van der Waals surface area (Å²) in [5.41, 5.74) is 4.84. The van der Waals surface area contributed by atoms with E-state index in [1.807, 2.05) is 62.4 Å². The molecule has 0 bridgehead atoms. The van der Waals surface area contributed by atoms with Gasteiger partial charge in [-0.25, -0.2) is 9.79 Å². The molecule has 0 N–H and O–H groups in total. The quantitative estimate of drug-likeness (QED) is 0.384. The van der Waals surface area contributed by atoms with E-state index in [1.54, 1.807) is 12.1 Å². The number of para-hydroxylation sites is 1. The van der Waals surface area contributed by atoms with Crippen molar-refractivity contribution in [3.8, 4) is 5.75 Å². The van der Waals surface area contributed by atoms with Crippen LogP contribution in [0.1, 0.15) is 27.8 Å². The molecule has 0 spiro atoms. The second kappa shape index (κ2) is 8.56. The maximum atomic E-state index is 12.4. The fourth-order valence-corrected chi connectivity index (χ4v) is 3.16. The number of cyclic esters (lactones) is 1. The average molecular weight is 418 g/mol. The van der Waals surface area contributed by atoms with Gasteiger partial charge in [-0.05, 0) is 49.2 Å². The van der Waals surface area contributed by atoms with Gasteiger partial charge in [0.05, 0.1) is 0 Å². The predicted molar refractivity (Wildman–Crippen MR) is 119 cm³/mol. The lowest BCUT2D eigenvalue weighted by molar-refractivity contribution is -0.129. The molecule has 0 aliphatic carbocycles. The van der Waals surface area contributed by atoms with Crippen molar-refractivity contribution in [2.45, 2.75) is 20.5 Å². The lowest BCUT2D eigenvalue weighted by Crippen LogP contribution is -2.05. The van der Waals surface area contributed by atoms with Gasteiger partial charge in [-0.15, -0.1) is 0 Å². The van der Waals surface area contributed by atoms with Gasteiger partial charge in [0, 0.05) is 16.1 Å². The summed E-state index contributed by atoms with van der Waals surface area (Å²) < 4.78 is 11.3. The molecule has 0 amide bonds. The molecular formula is C25H20ClNO3. The number of hydrogen-bond donors (Lipinski definition) is 0. The van der Waals surface area contributed by atoms with E-state index < -0.39 is 5.97 Å². The standard InChI is InChI=1S/C25H20ClNO3/c1-16-7-10-18(11-8-16)15-29-23-6-4-3-5-19(23)14-22-25(28)30-24(27-22)20-12-9-17(2)21(26)13-20/h3-14H,15H2,1-2H3/b22-14+. The average Bonchev–Trinajstić information content (AvgIpc) is 3.11. The van der Waals surface area contributed by atoms with E-state index in [4.69, 9.17) is 21.1 Å². The van der Waals surface area contributed by atoms with Gasteiger partial charge in [-0.3, -0.25) is 0 Å². The highest BCUT2D eigenvalue weighted by molar-refractivity contribution is 6.31. The van der Waals surface area contributed by atoms with Crippen LogP contribution in [-0.2, 0) is 16.1 Å². The summed E-state index contributed by atoms with van der Waals surface area (Å²) in [6.45, 7) is 4.39. The Morgan fingerprint density at radius 1 is 1.03 bits per heavy atom. The van der Waals surface area contributed by atoms with E-state index in [-0.39, 0.29) is 11.6 Å². The van der Waals surface area contributed by atoms with E-state index in [0.717, 1.165) is 16.7 Å². The minimum atomic E-state index is -0.505. The number of esters is 1. The molecule has 1 heterocycles. The summed E-state index contributed by atoms with van der Waals surface area (Å²) in [5, 5.41) is 0.596. The highest BCUT2D eigenvalue weighted by atomic mass is 35.5. The van der Waals surface area contributed by atoms with Gasteiger partial charge in [-0.2, -0.15) is 0 Å². The molecule has 1 aliphatic rings. The van der Waals surface area contributed by atoms with Crippen LogP contribution in [-0.4, -0.2) is 11.9 Å². The molecule has 0 saturated carbocycles. The molecule has 0 unspecified atom stereocenters. The summed E-state index contributed by atoms with van der Waals surface area (Å²) in [6, 6.07) is 21.1. The van der Waals surface area contributed by atoms with Crippen molar-refractivity contribution in [1.82, 2.24) is 0 Å². The maximum absolute atomic E-state index is 12.4. The van der Waals surface area contributed by atoms with Crippen molar-refractivity contribution >= 4 is 29.5 Å². The monoisotopic (exact) mass is 417 g/mol. The van der Waals surface area contributed by atoms with E-state index in [9.17, 15) is 4.79 Å². The fourth-order valence-electron chi connectivity index (χ4n) is 2.98. The molecule has 3 aromatic carbocycles. The van der Waals surface area contributed by atoms with Gasteiger partial charge < -0.3 is 9.47 Å². The summed E-state index contributed by atoms with van der Waals surface area (Å²) in [4.78, 5) is 16.7. The van der Waals surface area contributed by atoms with Gasteiger partial charge in [0.15, 0.2) is 5.70 Å². The number of ether oxygens (including phenoxy) is 2. The normalized spacial score (nSPS) is 14.6. The summed E-state index contributed by atoms with van der Waals surface area (Å²) in [6.07, 6.45) is 1.68. The largest absolute Gasteiger partial charge is 0.488 e. The molecule has 30 heavy (non-hydrogen) atoms. The van der Waals surface area contributed by atoms with E-state index in [0.29, 0.717) is 22.9 Å². The third kappa shape index (κ3) is 4.44. The van der Waals surface area contributed by atoms with Gasteiger partial charge in [0.2, 0.25) is 5.90 Å². The van der Waals surface area contributed by atoms with Crippen LogP contribution >= 0.6 is 11.6 Å². The molecule has 3 aromatic rings. The molecule has 5 heteroatoms. The smallest absolute Gasteiger partial charge is 0.363 e. The van der Waals surface area contributed by atoms with E-state index in [2.05, 4.69) is 17.1 Å². The molecule has 4 rings (SSSR count). The van der Waals surface area contributed by atoms with Crippen molar-refractivity contribution in [2.75, 3.05) is 0 Å². The third-order valence-corrected chi connectivity index (χ3v) is 5.17. The Labute approximate surface area is 180 Å². The Morgan fingerprint density at radius 3 is 2.57 bits per heavy atom. The Balaban J connectivity index is 1.58. The summed E-state index contributed by atoms with van der Waals surface area (Å²) >= 11 is 6.18. The van der Waals surface area contributed by atoms with Crippen LogP contribution in [0.5, 0.6) is 5.75 Å². The van der Waals surface area contributed by atoms with Crippen LogP contribution in [0.4, 0.5) is 0 Å². The number of nitrogens with zero attached hydrogens (tertiary/aromatic N) is 1. The Hall–Kier alpha value is -3.37. The van der Waals surface area contributed by atoms with E-state index in [1.165, 1.54) is 5.56 Å². The zero-order valence-electron chi connectivity index (χ0n) is 16.7. The number of benzene rings is 3. The highest BCUT2D eigenvalue weighted by Gasteiger charge is 2.25. The first kappa shape index (κ1) is 19.9. The fraction of sp³-hybridized carbons (Fsp3) is 0.120. The number of carbonyl (C=O) groups is 1. The molecule has 0 radical (unpaired) electrons. The molecule has 1 aliphatic heterocycles. The summed E-state index contributed by atoms with van der Waals surface area (Å²) in [5.74, 6) is 0.404. The number of aryl methyl sites for hydroxylation is 2. The number of aliphatic imine (C=N–C) groups is 1. The second-order valence-electron chi connectivity index (χ2n) is 7.11. The van der Waals surface area contributed by atoms with E-state index >= 15 is 0 Å². The second-order valence-corrected chi connectivity index (χ2v) is 7.52. The van der Waals surface area contributed by atoms with Gasteiger partial charge >= 0.3 is 5.97 Å². The SMILES string of the molecule is Cc1ccc(COc2ccccc2/C=C2/N=C(c3ccc(C)c(Cl)c3)OC2=O)cc1. The van der Waals surface area contributed by atoms with Crippen molar-refractivity contribution in [2.24, 2.45) is 4.99 Å². The number of rotatable bonds is 5. The Kier molecular flexibility index (Phi) is 5.68. The molecule has 0 fully saturated rings. The minimum absolute atomic E-state index is 0.216. The molecule has 150 valence electrons. The number of carbonyl (C=O) groups excluding carboxylic acids is 1. The van der Waals surface area contributed by atoms with Crippen LogP contribution in [0, 0.1) is 13.8 Å². The highest BCUT2D eigenvalue weighted by Crippen LogP contribution is 2.26. The minimum Gasteiger partial charge on any atom is -0.488 e. The molecular weight excluding hydrogens is 398 g/mol.